The van der Waals surface area contributed by atoms with Crippen LogP contribution in [0.15, 0.2) is 0 Å². The van der Waals surface area contributed by atoms with Crippen molar-refractivity contribution in [3.63, 3.8) is 0 Å². The Hall–Kier alpha value is 0.860. The Kier molecular flexibility index (Phi) is 2.04. The number of fused-ring (bicyclic) bond motifs is 1. The van der Waals surface area contributed by atoms with E-state index in [0.29, 0.717) is 7.61 Å². The number of hydrogen-bond acceptors (Lipinski definition) is 0. The summed E-state index contributed by atoms with van der Waals surface area (Å²) in [6, 6.07) is 0. The summed E-state index contributed by atoms with van der Waals surface area (Å²) in [5.41, 5.74) is 0. The minimum absolute atomic E-state index is 0.259. The summed E-state index contributed by atoms with van der Waals surface area (Å²) in [6.07, 6.45) is 11.4. The quantitative estimate of drug-likeness (QED) is 0.496. The molecule has 2 aliphatic rings. The highest BCUT2D eigenvalue weighted by Crippen LogP contribution is 2.87. The van der Waals surface area contributed by atoms with Crippen LogP contribution in [0.3, 0.4) is 0 Å². The van der Waals surface area contributed by atoms with Gasteiger partial charge in [0, 0.05) is 19.3 Å². The predicted octanol–water partition coefficient (Wildman–Crippen LogP) is 3.23. The van der Waals surface area contributed by atoms with Gasteiger partial charge >= 0.3 is 0 Å². The molecular formula is C8H17P2+. The molecule has 58 valence electrons. The molecule has 0 aromatic rings. The molecule has 2 aliphatic heterocycles. The van der Waals surface area contributed by atoms with Crippen LogP contribution in [0.5, 0.6) is 0 Å². The number of rotatable bonds is 0. The summed E-state index contributed by atoms with van der Waals surface area (Å²) >= 11 is 0. The normalized spacial score (nSPS) is 47.1. The first-order valence-electron chi connectivity index (χ1n) is 4.41. The van der Waals surface area contributed by atoms with E-state index in [1.165, 1.54) is 0 Å². The second-order valence-electron chi connectivity index (χ2n) is 3.80. The molecule has 2 atom stereocenters. The standard InChI is InChI=1S/C8H17P2/c1-10-7-3-2-5-9(10)6-4-8-10/h2-8H2,1H3/q+1. The van der Waals surface area contributed by atoms with Crippen LogP contribution in [0, 0.1) is 0 Å². The highest BCUT2D eigenvalue weighted by atomic mass is 32.1. The van der Waals surface area contributed by atoms with Crippen LogP contribution >= 0.6 is 14.6 Å². The minimum atomic E-state index is -0.259. The van der Waals surface area contributed by atoms with Crippen molar-refractivity contribution in [2.45, 2.75) is 19.3 Å². The molecule has 2 fully saturated rings. The molecule has 0 N–H and O–H groups in total. The van der Waals surface area contributed by atoms with Gasteiger partial charge in [-0.3, -0.25) is 0 Å². The predicted molar refractivity (Wildman–Crippen MR) is 53.1 cm³/mol. The third kappa shape index (κ3) is 1.15. The van der Waals surface area contributed by atoms with Gasteiger partial charge in [0.15, 0.2) is 0 Å². The van der Waals surface area contributed by atoms with Gasteiger partial charge in [0.05, 0.1) is 26.6 Å². The minimum Gasteiger partial charge on any atom is -0.0425 e. The molecule has 0 nitrogen and oxygen atoms in total. The van der Waals surface area contributed by atoms with Gasteiger partial charge in [0.1, 0.15) is 0 Å². The molecule has 0 aromatic carbocycles. The van der Waals surface area contributed by atoms with Crippen LogP contribution in [0.2, 0.25) is 0 Å². The molecule has 2 heteroatoms. The molecule has 2 unspecified atom stereocenters. The molecule has 0 radical (unpaired) electrons. The summed E-state index contributed by atoms with van der Waals surface area (Å²) in [5.74, 6) is 0. The van der Waals surface area contributed by atoms with Gasteiger partial charge in [-0.1, -0.05) is 0 Å². The maximum atomic E-state index is 2.66. The van der Waals surface area contributed by atoms with Gasteiger partial charge in [-0.05, 0) is 19.3 Å². The Morgan fingerprint density at radius 2 is 1.70 bits per heavy atom. The van der Waals surface area contributed by atoms with Crippen molar-refractivity contribution in [2.75, 3.05) is 31.3 Å². The van der Waals surface area contributed by atoms with Crippen molar-refractivity contribution in [1.29, 1.82) is 0 Å². The van der Waals surface area contributed by atoms with Gasteiger partial charge in [-0.15, -0.1) is 0 Å². The van der Waals surface area contributed by atoms with E-state index in [0.717, 1.165) is 0 Å². The molecule has 10 heavy (non-hydrogen) atoms. The van der Waals surface area contributed by atoms with E-state index < -0.39 is 0 Å². The van der Waals surface area contributed by atoms with E-state index in [4.69, 9.17) is 0 Å². The first-order valence-corrected chi connectivity index (χ1v) is 9.44. The average molecular weight is 175 g/mol. The molecule has 0 bridgehead atoms. The molecule has 2 saturated heterocycles. The van der Waals surface area contributed by atoms with Crippen molar-refractivity contribution in [3.05, 3.63) is 0 Å². The smallest absolute Gasteiger partial charge is 0.0425 e. The highest BCUT2D eigenvalue weighted by molar-refractivity contribution is 8.39. The third-order valence-electron chi connectivity index (χ3n) is 3.04. The Bertz CT molecular complexity index is 135. The maximum absolute atomic E-state index is 2.66. The van der Waals surface area contributed by atoms with Gasteiger partial charge in [0.2, 0.25) is 0 Å². The fourth-order valence-corrected chi connectivity index (χ4v) is 13.7. The Labute approximate surface area is 65.8 Å². The summed E-state index contributed by atoms with van der Waals surface area (Å²) in [7, 11) is 0.609. The lowest BCUT2D eigenvalue weighted by Crippen LogP contribution is -2.03. The van der Waals surface area contributed by atoms with Gasteiger partial charge < -0.3 is 0 Å². The fourth-order valence-electron chi connectivity index (χ4n) is 2.33. The van der Waals surface area contributed by atoms with Gasteiger partial charge in [0.25, 0.3) is 0 Å². The second kappa shape index (κ2) is 2.72. The first kappa shape index (κ1) is 7.51. The average Bonchev–Trinajstić information content (AvgIpc) is 2.29. The van der Waals surface area contributed by atoms with E-state index in [1.807, 2.05) is 0 Å². The lowest BCUT2D eigenvalue weighted by molar-refractivity contribution is 0.889. The van der Waals surface area contributed by atoms with Crippen LogP contribution in [0.4, 0.5) is 0 Å². The lowest BCUT2D eigenvalue weighted by atomic mass is 10.4. The van der Waals surface area contributed by atoms with Crippen LogP contribution in [0.25, 0.3) is 0 Å². The zero-order chi connectivity index (χ0) is 7.03. The Morgan fingerprint density at radius 3 is 2.50 bits per heavy atom. The highest BCUT2D eigenvalue weighted by Gasteiger charge is 2.46. The Balaban J connectivity index is 2.10. The molecule has 0 amide bonds. The summed E-state index contributed by atoms with van der Waals surface area (Å²) in [5, 5.41) is 0. The molecule has 0 aromatic heterocycles. The number of hydrogen-bond donors (Lipinski definition) is 0. The topological polar surface area (TPSA) is 0 Å². The van der Waals surface area contributed by atoms with Crippen molar-refractivity contribution in [2.24, 2.45) is 0 Å². The lowest BCUT2D eigenvalue weighted by Gasteiger charge is -2.28. The summed E-state index contributed by atoms with van der Waals surface area (Å²) in [6.45, 7) is 2.40. The fraction of sp³-hybridized carbons (Fsp3) is 1.00. The van der Waals surface area contributed by atoms with Crippen LogP contribution < -0.4 is 0 Å². The molecular weight excluding hydrogens is 158 g/mol. The van der Waals surface area contributed by atoms with Crippen molar-refractivity contribution < 1.29 is 0 Å². The Morgan fingerprint density at radius 1 is 1.00 bits per heavy atom. The molecule has 0 saturated carbocycles. The van der Waals surface area contributed by atoms with Crippen molar-refractivity contribution in [1.82, 2.24) is 0 Å². The van der Waals surface area contributed by atoms with E-state index in [1.54, 1.807) is 43.9 Å². The van der Waals surface area contributed by atoms with E-state index in [9.17, 15) is 0 Å². The SMILES string of the molecule is C[P+]12CCCCP1CCC2. The van der Waals surface area contributed by atoms with Gasteiger partial charge in [-0.2, -0.15) is 0 Å². The third-order valence-corrected chi connectivity index (χ3v) is 15.1. The van der Waals surface area contributed by atoms with Gasteiger partial charge in [-0.25, -0.2) is 0 Å². The molecule has 0 aliphatic carbocycles. The zero-order valence-corrected chi connectivity index (χ0v) is 8.63. The van der Waals surface area contributed by atoms with Crippen molar-refractivity contribution >= 4 is 14.6 Å². The van der Waals surface area contributed by atoms with Crippen LogP contribution in [0.1, 0.15) is 19.3 Å². The van der Waals surface area contributed by atoms with E-state index in [2.05, 4.69) is 6.66 Å². The first-order chi connectivity index (χ1) is 4.81. The molecule has 2 rings (SSSR count). The summed E-state index contributed by atoms with van der Waals surface area (Å²) in [4.78, 5) is 0. The van der Waals surface area contributed by atoms with E-state index in [-0.39, 0.29) is 6.95 Å². The zero-order valence-electron chi connectivity index (χ0n) is 6.84. The largest absolute Gasteiger partial charge is 0.0618 e. The monoisotopic (exact) mass is 175 g/mol. The van der Waals surface area contributed by atoms with Crippen LogP contribution in [-0.2, 0) is 0 Å². The molecule has 2 heterocycles. The second-order valence-corrected chi connectivity index (χ2v) is 13.9. The molecule has 0 spiro atoms. The maximum Gasteiger partial charge on any atom is 0.0618 e. The van der Waals surface area contributed by atoms with Crippen molar-refractivity contribution in [3.8, 4) is 0 Å². The summed E-state index contributed by atoms with van der Waals surface area (Å²) < 4.78 is 0. The van der Waals surface area contributed by atoms with E-state index >= 15 is 0 Å². The van der Waals surface area contributed by atoms with Crippen LogP contribution in [-0.4, -0.2) is 31.3 Å².